The van der Waals surface area contributed by atoms with Gasteiger partial charge in [0.1, 0.15) is 0 Å². The molecule has 1 aromatic rings. The normalized spacial score (nSPS) is 10.9. The molecule has 5 heteroatoms. The third-order valence-electron chi connectivity index (χ3n) is 5.42. The Bertz CT molecular complexity index is 668. The highest BCUT2D eigenvalue weighted by atomic mass is 16.6. The lowest BCUT2D eigenvalue weighted by Crippen LogP contribution is -2.14. The molecule has 188 valence electrons. The predicted molar refractivity (Wildman–Crippen MR) is 134 cm³/mol. The summed E-state index contributed by atoms with van der Waals surface area (Å²) in [5.41, 5.74) is 0. The Morgan fingerprint density at radius 1 is 0.697 bits per heavy atom. The summed E-state index contributed by atoms with van der Waals surface area (Å²) in [5, 5.41) is 0. The summed E-state index contributed by atoms with van der Waals surface area (Å²) in [6, 6.07) is 5.17. The highest BCUT2D eigenvalue weighted by Crippen LogP contribution is 2.38. The van der Waals surface area contributed by atoms with E-state index in [1.165, 1.54) is 38.5 Å². The molecule has 33 heavy (non-hydrogen) atoms. The SMILES string of the molecule is CCCCCCCCC(=O)Oc1cccc(OCC(C)C)c1OC(=O)CCCCCCCC. The number of unbranched alkanes of at least 4 members (excludes halogenated alkanes) is 10. The number of hydrogen-bond donors (Lipinski definition) is 0. The largest absolute Gasteiger partial charge is 0.489 e. The molecule has 0 saturated carbocycles. The van der Waals surface area contributed by atoms with Crippen molar-refractivity contribution in [3.8, 4) is 17.2 Å². The van der Waals surface area contributed by atoms with Crippen LogP contribution in [0.4, 0.5) is 0 Å². The first-order valence-electron chi connectivity index (χ1n) is 13.1. The van der Waals surface area contributed by atoms with E-state index in [4.69, 9.17) is 14.2 Å². The van der Waals surface area contributed by atoms with Gasteiger partial charge in [-0.15, -0.1) is 0 Å². The first kappa shape index (κ1) is 29.0. The lowest BCUT2D eigenvalue weighted by molar-refractivity contribution is -0.137. The summed E-state index contributed by atoms with van der Waals surface area (Å²) in [7, 11) is 0. The molecule has 1 aromatic carbocycles. The van der Waals surface area contributed by atoms with Crippen LogP contribution in [-0.2, 0) is 9.59 Å². The van der Waals surface area contributed by atoms with E-state index in [9.17, 15) is 9.59 Å². The molecule has 1 rings (SSSR count). The molecule has 0 aliphatic carbocycles. The second kappa shape index (κ2) is 18.4. The minimum atomic E-state index is -0.320. The number of benzene rings is 1. The number of esters is 2. The zero-order chi connectivity index (χ0) is 24.3. The van der Waals surface area contributed by atoms with Gasteiger partial charge in [-0.2, -0.15) is 0 Å². The fourth-order valence-corrected chi connectivity index (χ4v) is 3.48. The molecule has 0 atom stereocenters. The van der Waals surface area contributed by atoms with Crippen molar-refractivity contribution in [3.63, 3.8) is 0 Å². The van der Waals surface area contributed by atoms with E-state index in [-0.39, 0.29) is 23.4 Å². The van der Waals surface area contributed by atoms with Gasteiger partial charge in [-0.25, -0.2) is 0 Å². The van der Waals surface area contributed by atoms with E-state index in [1.807, 2.05) is 0 Å². The predicted octanol–water partition coefficient (Wildman–Crippen LogP) is 8.03. The number of ether oxygens (including phenoxy) is 3. The fourth-order valence-electron chi connectivity index (χ4n) is 3.48. The van der Waals surface area contributed by atoms with Crippen molar-refractivity contribution in [1.29, 1.82) is 0 Å². The average Bonchev–Trinajstić information content (AvgIpc) is 2.78. The van der Waals surface area contributed by atoms with E-state index in [2.05, 4.69) is 27.7 Å². The van der Waals surface area contributed by atoms with Crippen molar-refractivity contribution in [2.75, 3.05) is 6.61 Å². The van der Waals surface area contributed by atoms with Crippen LogP contribution >= 0.6 is 0 Å². The van der Waals surface area contributed by atoms with Gasteiger partial charge in [0.2, 0.25) is 5.75 Å². The second-order valence-corrected chi connectivity index (χ2v) is 9.27. The van der Waals surface area contributed by atoms with E-state index in [0.29, 0.717) is 31.1 Å². The van der Waals surface area contributed by atoms with Crippen LogP contribution in [0.5, 0.6) is 17.2 Å². The number of para-hydroxylation sites is 1. The maximum absolute atomic E-state index is 12.5. The number of rotatable bonds is 19. The van der Waals surface area contributed by atoms with Gasteiger partial charge in [0.05, 0.1) is 6.61 Å². The Kier molecular flexibility index (Phi) is 16.2. The third-order valence-corrected chi connectivity index (χ3v) is 5.42. The molecule has 0 aliphatic rings. The molecular formula is C28H46O5. The van der Waals surface area contributed by atoms with Crippen LogP contribution in [0.2, 0.25) is 0 Å². The third kappa shape index (κ3) is 14.0. The Morgan fingerprint density at radius 2 is 1.18 bits per heavy atom. The molecule has 0 amide bonds. The van der Waals surface area contributed by atoms with Crippen molar-refractivity contribution in [3.05, 3.63) is 18.2 Å². The van der Waals surface area contributed by atoms with Gasteiger partial charge in [-0.1, -0.05) is 98.0 Å². The topological polar surface area (TPSA) is 61.8 Å². The van der Waals surface area contributed by atoms with E-state index in [0.717, 1.165) is 38.5 Å². The quantitative estimate of drug-likeness (QED) is 0.118. The zero-order valence-corrected chi connectivity index (χ0v) is 21.5. The van der Waals surface area contributed by atoms with Gasteiger partial charge >= 0.3 is 11.9 Å². The molecule has 5 nitrogen and oxygen atoms in total. The van der Waals surface area contributed by atoms with Gasteiger partial charge in [0.25, 0.3) is 0 Å². The van der Waals surface area contributed by atoms with Gasteiger partial charge in [0, 0.05) is 12.8 Å². The standard InChI is InChI=1S/C28H46O5/c1-5-7-9-11-13-15-20-26(29)32-25-19-17-18-24(31-22-23(3)4)28(25)33-27(30)21-16-14-12-10-8-6-2/h17-19,23H,5-16,20-22H2,1-4H3. The number of hydrogen-bond acceptors (Lipinski definition) is 5. The summed E-state index contributed by atoms with van der Waals surface area (Å²) >= 11 is 0. The molecule has 0 aliphatic heterocycles. The fraction of sp³-hybridized carbons (Fsp3) is 0.714. The Labute approximate surface area is 201 Å². The lowest BCUT2D eigenvalue weighted by atomic mass is 10.1. The van der Waals surface area contributed by atoms with Gasteiger partial charge < -0.3 is 14.2 Å². The van der Waals surface area contributed by atoms with Gasteiger partial charge in [-0.05, 0) is 30.9 Å². The van der Waals surface area contributed by atoms with Crippen LogP contribution in [0, 0.1) is 5.92 Å². The Hall–Kier alpha value is -2.04. The van der Waals surface area contributed by atoms with E-state index >= 15 is 0 Å². The van der Waals surface area contributed by atoms with Crippen molar-refractivity contribution >= 4 is 11.9 Å². The van der Waals surface area contributed by atoms with Crippen LogP contribution in [0.3, 0.4) is 0 Å². The van der Waals surface area contributed by atoms with Gasteiger partial charge in [0.15, 0.2) is 11.5 Å². The summed E-state index contributed by atoms with van der Waals surface area (Å²) in [6.07, 6.45) is 13.9. The van der Waals surface area contributed by atoms with E-state index < -0.39 is 0 Å². The highest BCUT2D eigenvalue weighted by molar-refractivity contribution is 5.77. The van der Waals surface area contributed by atoms with Crippen molar-refractivity contribution in [2.24, 2.45) is 5.92 Å². The maximum Gasteiger partial charge on any atom is 0.311 e. The van der Waals surface area contributed by atoms with Crippen LogP contribution in [-0.4, -0.2) is 18.5 Å². The van der Waals surface area contributed by atoms with Crippen LogP contribution < -0.4 is 14.2 Å². The molecule has 0 saturated heterocycles. The molecule has 0 heterocycles. The molecule has 0 spiro atoms. The first-order chi connectivity index (χ1) is 16.0. The summed E-state index contributed by atoms with van der Waals surface area (Å²) in [6.45, 7) is 8.96. The summed E-state index contributed by atoms with van der Waals surface area (Å²) in [4.78, 5) is 24.9. The molecular weight excluding hydrogens is 416 g/mol. The molecule has 0 unspecified atom stereocenters. The lowest BCUT2D eigenvalue weighted by Gasteiger charge is -2.16. The average molecular weight is 463 g/mol. The molecule has 0 N–H and O–H groups in total. The Morgan fingerprint density at radius 3 is 1.73 bits per heavy atom. The minimum Gasteiger partial charge on any atom is -0.489 e. The second-order valence-electron chi connectivity index (χ2n) is 9.27. The summed E-state index contributed by atoms with van der Waals surface area (Å²) in [5.74, 6) is 0.591. The summed E-state index contributed by atoms with van der Waals surface area (Å²) < 4.78 is 17.1. The van der Waals surface area contributed by atoms with Crippen molar-refractivity contribution in [1.82, 2.24) is 0 Å². The monoisotopic (exact) mass is 462 g/mol. The first-order valence-corrected chi connectivity index (χ1v) is 13.1. The van der Waals surface area contributed by atoms with Crippen molar-refractivity contribution < 1.29 is 23.8 Å². The molecule has 0 bridgehead atoms. The van der Waals surface area contributed by atoms with Crippen LogP contribution in [0.25, 0.3) is 0 Å². The van der Waals surface area contributed by atoms with Crippen molar-refractivity contribution in [2.45, 2.75) is 118 Å². The molecule has 0 fully saturated rings. The Balaban J connectivity index is 2.69. The highest BCUT2D eigenvalue weighted by Gasteiger charge is 2.19. The van der Waals surface area contributed by atoms with Crippen LogP contribution in [0.15, 0.2) is 18.2 Å². The number of carbonyl (C=O) groups is 2. The molecule has 0 aromatic heterocycles. The maximum atomic E-state index is 12.5. The smallest absolute Gasteiger partial charge is 0.311 e. The van der Waals surface area contributed by atoms with Gasteiger partial charge in [-0.3, -0.25) is 9.59 Å². The van der Waals surface area contributed by atoms with E-state index in [1.54, 1.807) is 18.2 Å². The molecule has 0 radical (unpaired) electrons. The zero-order valence-electron chi connectivity index (χ0n) is 21.5. The minimum absolute atomic E-state index is 0.213. The van der Waals surface area contributed by atoms with Crippen LogP contribution in [0.1, 0.15) is 118 Å². The number of carbonyl (C=O) groups excluding carboxylic acids is 2.